The maximum absolute atomic E-state index is 14.7. The van der Waals surface area contributed by atoms with Gasteiger partial charge in [-0.15, -0.1) is 0 Å². The zero-order valence-electron chi connectivity index (χ0n) is 27.8. The fourth-order valence-corrected chi connectivity index (χ4v) is 7.71. The summed E-state index contributed by atoms with van der Waals surface area (Å²) < 4.78 is 34.9. The van der Waals surface area contributed by atoms with Gasteiger partial charge >= 0.3 is 0 Å². The topological polar surface area (TPSA) is 139 Å². The van der Waals surface area contributed by atoms with Crippen LogP contribution in [0.1, 0.15) is 42.4 Å². The lowest BCUT2D eigenvalue weighted by Gasteiger charge is -2.34. The number of nitrogens with zero attached hydrogens (tertiary/aromatic N) is 3. The van der Waals surface area contributed by atoms with Crippen LogP contribution >= 0.6 is 11.6 Å². The number of aryl methyl sites for hydroxylation is 1. The first-order chi connectivity index (χ1) is 24.0. The number of nitrogens with one attached hydrogen (secondary N) is 1. The Morgan fingerprint density at radius 3 is 2.28 bits per heavy atom. The highest BCUT2D eigenvalue weighted by Crippen LogP contribution is 2.30. The minimum Gasteiger partial charge on any atom is -0.497 e. The number of carbonyl (C=O) groups excluding carboxylic acids is 2. The van der Waals surface area contributed by atoms with Gasteiger partial charge in [-0.1, -0.05) is 79.0 Å². The van der Waals surface area contributed by atoms with Crippen LogP contribution in [0.3, 0.4) is 0 Å². The number of benzene rings is 4. The van der Waals surface area contributed by atoms with Crippen molar-refractivity contribution < 1.29 is 27.7 Å². The molecule has 11 nitrogen and oxygen atoms in total. The normalized spacial score (nSPS) is 13.7. The molecule has 262 valence electrons. The highest BCUT2D eigenvalue weighted by Gasteiger charge is 2.36. The SMILES string of the molecule is COc1ccc(N(CC(=O)N(Cc2ccccc2Cl)[C@@H](Cc2ccccc2)C(=O)NC2CCCC2)S(=O)(=O)c2ccc(C)c([N+](=O)[O-])c2)cc1. The number of amides is 2. The van der Waals surface area contributed by atoms with E-state index in [9.17, 15) is 28.1 Å². The second-order valence-corrected chi connectivity index (χ2v) is 14.5. The maximum atomic E-state index is 14.7. The van der Waals surface area contributed by atoms with E-state index in [2.05, 4.69) is 5.32 Å². The first kappa shape index (κ1) is 36.3. The number of carbonyl (C=O) groups is 2. The van der Waals surface area contributed by atoms with Crippen LogP contribution in [0.15, 0.2) is 102 Å². The zero-order chi connectivity index (χ0) is 35.8. The molecule has 0 aliphatic heterocycles. The summed E-state index contributed by atoms with van der Waals surface area (Å²) in [6.45, 7) is 0.707. The average Bonchev–Trinajstić information content (AvgIpc) is 3.62. The Labute approximate surface area is 297 Å². The number of nitro benzene ring substituents is 1. The molecule has 1 fully saturated rings. The Morgan fingerprint density at radius 2 is 1.64 bits per heavy atom. The lowest BCUT2D eigenvalue weighted by atomic mass is 10.0. The van der Waals surface area contributed by atoms with E-state index in [1.54, 1.807) is 36.4 Å². The monoisotopic (exact) mass is 718 g/mol. The van der Waals surface area contributed by atoms with Crippen molar-refractivity contribution in [1.29, 1.82) is 0 Å². The van der Waals surface area contributed by atoms with Gasteiger partial charge in [-0.25, -0.2) is 8.42 Å². The van der Waals surface area contributed by atoms with Crippen molar-refractivity contribution in [2.24, 2.45) is 0 Å². The predicted molar refractivity (Wildman–Crippen MR) is 192 cm³/mol. The van der Waals surface area contributed by atoms with Gasteiger partial charge in [0.1, 0.15) is 18.3 Å². The van der Waals surface area contributed by atoms with E-state index in [1.807, 2.05) is 30.3 Å². The number of methoxy groups -OCH3 is 1. The fraction of sp³-hybridized carbons (Fsp3) is 0.297. The second kappa shape index (κ2) is 16.2. The minimum absolute atomic E-state index is 0.0356. The van der Waals surface area contributed by atoms with Gasteiger partial charge in [0.25, 0.3) is 15.7 Å². The number of hydrogen-bond donors (Lipinski definition) is 1. The molecule has 1 aliphatic carbocycles. The Bertz CT molecular complexity index is 1940. The number of rotatable bonds is 14. The van der Waals surface area contributed by atoms with Crippen molar-refractivity contribution in [2.45, 2.75) is 62.6 Å². The molecule has 0 spiro atoms. The first-order valence-corrected chi connectivity index (χ1v) is 18.1. The van der Waals surface area contributed by atoms with Crippen LogP contribution in [0.2, 0.25) is 5.02 Å². The Hall–Kier alpha value is -4.94. The van der Waals surface area contributed by atoms with E-state index in [-0.39, 0.29) is 46.7 Å². The Morgan fingerprint density at radius 1 is 0.980 bits per heavy atom. The molecule has 0 bridgehead atoms. The van der Waals surface area contributed by atoms with Crippen molar-refractivity contribution >= 4 is 44.8 Å². The third kappa shape index (κ3) is 8.61. The fourth-order valence-electron chi connectivity index (χ4n) is 6.08. The third-order valence-corrected chi connectivity index (χ3v) is 11.0. The summed E-state index contributed by atoms with van der Waals surface area (Å²) in [5.41, 5.74) is 1.41. The lowest BCUT2D eigenvalue weighted by Crippen LogP contribution is -2.54. The molecule has 1 N–H and O–H groups in total. The number of sulfonamides is 1. The highest BCUT2D eigenvalue weighted by molar-refractivity contribution is 7.92. The Kier molecular flexibility index (Phi) is 11.8. The number of nitro groups is 1. The van der Waals surface area contributed by atoms with Crippen LogP contribution in [0.5, 0.6) is 5.75 Å². The van der Waals surface area contributed by atoms with E-state index in [0.717, 1.165) is 41.6 Å². The number of halogens is 1. The largest absolute Gasteiger partial charge is 0.497 e. The van der Waals surface area contributed by atoms with Crippen LogP contribution in [-0.2, 0) is 32.6 Å². The van der Waals surface area contributed by atoms with Gasteiger partial charge in [0, 0.05) is 35.7 Å². The molecule has 1 saturated carbocycles. The van der Waals surface area contributed by atoms with Gasteiger partial charge in [0.05, 0.1) is 22.6 Å². The molecule has 0 unspecified atom stereocenters. The lowest BCUT2D eigenvalue weighted by molar-refractivity contribution is -0.385. The van der Waals surface area contributed by atoms with Gasteiger partial charge in [-0.05, 0) is 67.3 Å². The minimum atomic E-state index is -4.57. The summed E-state index contributed by atoms with van der Waals surface area (Å²) >= 11 is 6.58. The van der Waals surface area contributed by atoms with Gasteiger partial charge in [0.2, 0.25) is 11.8 Å². The van der Waals surface area contributed by atoms with Crippen LogP contribution in [0.4, 0.5) is 11.4 Å². The first-order valence-electron chi connectivity index (χ1n) is 16.3. The molecule has 13 heteroatoms. The molecule has 2 amide bonds. The summed E-state index contributed by atoms with van der Waals surface area (Å²) in [6, 6.07) is 24.9. The predicted octanol–water partition coefficient (Wildman–Crippen LogP) is 6.46. The molecular formula is C37H39ClN4O7S. The van der Waals surface area contributed by atoms with E-state index >= 15 is 0 Å². The zero-order valence-corrected chi connectivity index (χ0v) is 29.4. The van der Waals surface area contributed by atoms with E-state index in [4.69, 9.17) is 16.3 Å². The van der Waals surface area contributed by atoms with Crippen molar-refractivity contribution in [3.05, 3.63) is 129 Å². The molecule has 0 saturated heterocycles. The van der Waals surface area contributed by atoms with Crippen molar-refractivity contribution in [3.63, 3.8) is 0 Å². The van der Waals surface area contributed by atoms with E-state index in [0.29, 0.717) is 16.3 Å². The van der Waals surface area contributed by atoms with Crippen LogP contribution in [0, 0.1) is 17.0 Å². The van der Waals surface area contributed by atoms with E-state index in [1.165, 1.54) is 43.2 Å². The smallest absolute Gasteiger partial charge is 0.273 e. The summed E-state index contributed by atoms with van der Waals surface area (Å²) in [7, 11) is -3.10. The van der Waals surface area contributed by atoms with Gasteiger partial charge in [-0.3, -0.25) is 24.0 Å². The van der Waals surface area contributed by atoms with Crippen LogP contribution in [-0.4, -0.2) is 55.8 Å². The molecular weight excluding hydrogens is 680 g/mol. The second-order valence-electron chi connectivity index (χ2n) is 12.2. The van der Waals surface area contributed by atoms with E-state index < -0.39 is 33.4 Å². The molecule has 5 rings (SSSR count). The molecule has 0 radical (unpaired) electrons. The summed E-state index contributed by atoms with van der Waals surface area (Å²) in [5.74, 6) is -0.571. The van der Waals surface area contributed by atoms with Gasteiger partial charge in [-0.2, -0.15) is 0 Å². The summed E-state index contributed by atoms with van der Waals surface area (Å²) in [5, 5.41) is 15.3. The molecule has 0 aromatic heterocycles. The molecule has 4 aromatic rings. The van der Waals surface area contributed by atoms with Crippen molar-refractivity contribution in [1.82, 2.24) is 10.2 Å². The quantitative estimate of drug-likeness (QED) is 0.117. The van der Waals surface area contributed by atoms with Crippen LogP contribution in [0.25, 0.3) is 0 Å². The standard InChI is InChI=1S/C37H39ClN4O7S/c1-26-16-21-32(23-34(26)42(45)46)50(47,48)41(30-17-19-31(49-2)20-18-30)25-36(43)40(24-28-12-6-9-15-33(28)38)35(22-27-10-4-3-5-11-27)37(44)39-29-13-7-8-14-29/h3-6,9-12,15-21,23,29,35H,7-8,13-14,22,24-25H2,1-2H3,(H,39,44)/t35-/m0/s1. The van der Waals surface area contributed by atoms with Crippen molar-refractivity contribution in [3.8, 4) is 5.75 Å². The Balaban J connectivity index is 1.60. The van der Waals surface area contributed by atoms with Crippen molar-refractivity contribution in [2.75, 3.05) is 18.0 Å². The third-order valence-electron chi connectivity index (χ3n) is 8.88. The number of hydrogen-bond acceptors (Lipinski definition) is 7. The number of ether oxygens (including phenoxy) is 1. The van der Waals surface area contributed by atoms with Gasteiger partial charge in [0.15, 0.2) is 0 Å². The highest BCUT2D eigenvalue weighted by atomic mass is 35.5. The van der Waals surface area contributed by atoms with Gasteiger partial charge < -0.3 is 15.0 Å². The summed E-state index contributed by atoms with van der Waals surface area (Å²) in [6.07, 6.45) is 3.79. The number of anilines is 1. The van der Waals surface area contributed by atoms with Crippen LogP contribution < -0.4 is 14.4 Å². The molecule has 4 aromatic carbocycles. The molecule has 1 aliphatic rings. The molecule has 0 heterocycles. The molecule has 50 heavy (non-hydrogen) atoms. The molecule has 1 atom stereocenters. The average molecular weight is 719 g/mol. The maximum Gasteiger partial charge on any atom is 0.273 e. The summed E-state index contributed by atoms with van der Waals surface area (Å²) in [4.78, 5) is 41.0.